The fraction of sp³-hybridized carbons (Fsp3) is 0.133. The lowest BCUT2D eigenvalue weighted by Gasteiger charge is -2.12. The number of carbonyl (C=O) groups is 1. The van der Waals surface area contributed by atoms with Crippen LogP contribution in [-0.2, 0) is 19.1 Å². The fourth-order valence-electron chi connectivity index (χ4n) is 1.71. The molecule has 2 aromatic rings. The Morgan fingerprint density at radius 3 is 2.14 bits per heavy atom. The third kappa shape index (κ3) is 3.91. The number of hydrogen-bond donors (Lipinski definition) is 0. The molecule has 0 N–H and O–H groups in total. The lowest BCUT2D eigenvalue weighted by molar-refractivity contribution is -0.113. The molecule has 0 fully saturated rings. The van der Waals surface area contributed by atoms with Crippen molar-refractivity contribution in [2.24, 2.45) is 0 Å². The minimum Gasteiger partial charge on any atom is -0.300 e. The van der Waals surface area contributed by atoms with Crippen molar-refractivity contribution in [1.82, 2.24) is 0 Å². The molecule has 4 nitrogen and oxygen atoms in total. The average molecular weight is 325 g/mol. The van der Waals surface area contributed by atoms with E-state index in [2.05, 4.69) is 0 Å². The smallest absolute Gasteiger partial charge is 0.297 e. The van der Waals surface area contributed by atoms with E-state index in [4.69, 9.17) is 15.8 Å². The van der Waals surface area contributed by atoms with Crippen molar-refractivity contribution in [3.05, 3.63) is 64.7 Å². The van der Waals surface area contributed by atoms with Gasteiger partial charge in [-0.25, -0.2) is 0 Å². The monoisotopic (exact) mass is 324 g/mol. The van der Waals surface area contributed by atoms with Crippen molar-refractivity contribution in [3.63, 3.8) is 0 Å². The molecule has 0 spiro atoms. The van der Waals surface area contributed by atoms with Gasteiger partial charge in [-0.15, -0.1) is 0 Å². The molecule has 0 heterocycles. The Balaban J connectivity index is 2.27. The molecule has 0 aromatic heterocycles. The summed E-state index contributed by atoms with van der Waals surface area (Å²) in [7, 11) is -4.01. The molecular weight excluding hydrogens is 312 g/mol. The minimum atomic E-state index is -4.01. The van der Waals surface area contributed by atoms with Crippen LogP contribution in [0.1, 0.15) is 17.2 Å². The number of aldehydes is 1. The van der Waals surface area contributed by atoms with Crippen LogP contribution < -0.4 is 0 Å². The largest absolute Gasteiger partial charge is 0.300 e. The van der Waals surface area contributed by atoms with Crippen molar-refractivity contribution in [3.8, 4) is 0 Å². The highest BCUT2D eigenvalue weighted by Crippen LogP contribution is 2.23. The van der Waals surface area contributed by atoms with Gasteiger partial charge in [0.1, 0.15) is 0 Å². The van der Waals surface area contributed by atoms with E-state index in [-0.39, 0.29) is 4.90 Å². The third-order valence-electron chi connectivity index (χ3n) is 2.86. The first-order valence-electron chi connectivity index (χ1n) is 6.13. The zero-order chi connectivity index (χ0) is 15.5. The van der Waals surface area contributed by atoms with Crippen LogP contribution in [0.25, 0.3) is 0 Å². The molecule has 0 aliphatic rings. The predicted molar refractivity (Wildman–Crippen MR) is 79.7 cm³/mol. The highest BCUT2D eigenvalue weighted by Gasteiger charge is 2.22. The molecule has 110 valence electrons. The number of halogens is 1. The van der Waals surface area contributed by atoms with E-state index in [0.29, 0.717) is 16.9 Å². The zero-order valence-electron chi connectivity index (χ0n) is 11.2. The Kier molecular flexibility index (Phi) is 4.77. The minimum absolute atomic E-state index is 0.00825. The Morgan fingerprint density at radius 1 is 1.05 bits per heavy atom. The van der Waals surface area contributed by atoms with E-state index < -0.39 is 16.2 Å². The number of benzene rings is 2. The molecule has 21 heavy (non-hydrogen) atoms. The maximum atomic E-state index is 12.1. The van der Waals surface area contributed by atoms with Crippen molar-refractivity contribution in [1.29, 1.82) is 0 Å². The van der Waals surface area contributed by atoms with E-state index in [9.17, 15) is 13.2 Å². The van der Waals surface area contributed by atoms with E-state index >= 15 is 0 Å². The maximum Gasteiger partial charge on any atom is 0.297 e. The third-order valence-corrected chi connectivity index (χ3v) is 4.42. The van der Waals surface area contributed by atoms with Crippen LogP contribution in [0.2, 0.25) is 5.02 Å². The van der Waals surface area contributed by atoms with Gasteiger partial charge < -0.3 is 4.79 Å². The first kappa shape index (κ1) is 15.7. The van der Waals surface area contributed by atoms with Gasteiger partial charge in [0, 0.05) is 5.02 Å². The van der Waals surface area contributed by atoms with Gasteiger partial charge in [-0.3, -0.25) is 4.18 Å². The van der Waals surface area contributed by atoms with Gasteiger partial charge in [-0.1, -0.05) is 41.4 Å². The Bertz CT molecular complexity index is 721. The number of rotatable bonds is 5. The number of aryl methyl sites for hydroxylation is 1. The second-order valence-electron chi connectivity index (χ2n) is 4.47. The summed E-state index contributed by atoms with van der Waals surface area (Å²) in [6.07, 6.45) is -0.761. The second-order valence-corrected chi connectivity index (χ2v) is 6.48. The highest BCUT2D eigenvalue weighted by molar-refractivity contribution is 7.86. The summed E-state index contributed by atoms with van der Waals surface area (Å²) in [6, 6.07) is 12.4. The zero-order valence-corrected chi connectivity index (χ0v) is 12.8. The fourth-order valence-corrected chi connectivity index (χ4v) is 2.84. The van der Waals surface area contributed by atoms with Crippen molar-refractivity contribution >= 4 is 28.0 Å². The highest BCUT2D eigenvalue weighted by atomic mass is 35.5. The number of carbonyl (C=O) groups excluding carboxylic acids is 1. The number of hydrogen-bond acceptors (Lipinski definition) is 4. The van der Waals surface area contributed by atoms with Crippen LogP contribution in [0, 0.1) is 6.92 Å². The van der Waals surface area contributed by atoms with Gasteiger partial charge in [0.05, 0.1) is 4.90 Å². The summed E-state index contributed by atoms with van der Waals surface area (Å²) < 4.78 is 29.3. The molecule has 0 amide bonds. The summed E-state index contributed by atoms with van der Waals surface area (Å²) in [4.78, 5) is 11.1. The summed E-state index contributed by atoms with van der Waals surface area (Å²) in [5.41, 5.74) is 1.35. The molecule has 0 radical (unpaired) electrons. The van der Waals surface area contributed by atoms with Crippen LogP contribution in [0.15, 0.2) is 53.4 Å². The van der Waals surface area contributed by atoms with Gasteiger partial charge in [-0.05, 0) is 36.8 Å². The normalized spacial score (nSPS) is 12.9. The van der Waals surface area contributed by atoms with E-state index in [1.54, 1.807) is 36.4 Å². The summed E-state index contributed by atoms with van der Waals surface area (Å²) >= 11 is 5.76. The van der Waals surface area contributed by atoms with Crippen molar-refractivity contribution in [2.45, 2.75) is 17.9 Å². The lowest BCUT2D eigenvalue weighted by Crippen LogP contribution is -2.13. The van der Waals surface area contributed by atoms with Crippen molar-refractivity contribution in [2.75, 3.05) is 0 Å². The van der Waals surface area contributed by atoms with Gasteiger partial charge in [0.2, 0.25) is 0 Å². The molecule has 2 aromatic carbocycles. The van der Waals surface area contributed by atoms with Crippen LogP contribution in [0.3, 0.4) is 0 Å². The molecular formula is C15H13ClO4S. The summed E-state index contributed by atoms with van der Waals surface area (Å²) in [5.74, 6) is 0. The lowest BCUT2D eigenvalue weighted by atomic mass is 10.1. The van der Waals surface area contributed by atoms with Crippen LogP contribution in [-0.4, -0.2) is 14.7 Å². The van der Waals surface area contributed by atoms with Gasteiger partial charge in [0.15, 0.2) is 12.4 Å². The molecule has 0 saturated heterocycles. The Morgan fingerprint density at radius 2 is 1.62 bits per heavy atom. The SMILES string of the molecule is Cc1ccc(S(=O)(=O)OC(C=O)c2ccc(Cl)cc2)cc1. The quantitative estimate of drug-likeness (QED) is 0.625. The van der Waals surface area contributed by atoms with Gasteiger partial charge in [-0.2, -0.15) is 8.42 Å². The van der Waals surface area contributed by atoms with E-state index in [1.165, 1.54) is 12.1 Å². The molecule has 0 saturated carbocycles. The van der Waals surface area contributed by atoms with Crippen molar-refractivity contribution < 1.29 is 17.4 Å². The summed E-state index contributed by atoms with van der Waals surface area (Å²) in [6.45, 7) is 1.85. The van der Waals surface area contributed by atoms with Gasteiger partial charge >= 0.3 is 0 Å². The maximum absolute atomic E-state index is 12.1. The standard InChI is InChI=1S/C15H13ClO4S/c1-11-2-8-14(9-3-11)21(18,19)20-15(10-17)12-4-6-13(16)7-5-12/h2-10,15H,1H3. The molecule has 0 aliphatic heterocycles. The average Bonchev–Trinajstić information content (AvgIpc) is 2.46. The van der Waals surface area contributed by atoms with Crippen LogP contribution in [0.5, 0.6) is 0 Å². The van der Waals surface area contributed by atoms with E-state index in [1.807, 2.05) is 6.92 Å². The Labute approximate surface area is 128 Å². The predicted octanol–water partition coefficient (Wildman–Crippen LogP) is 3.29. The van der Waals surface area contributed by atoms with Crippen LogP contribution >= 0.6 is 11.6 Å². The van der Waals surface area contributed by atoms with E-state index in [0.717, 1.165) is 5.56 Å². The Hall–Kier alpha value is -1.69. The second kappa shape index (κ2) is 6.39. The van der Waals surface area contributed by atoms with Crippen LogP contribution in [0.4, 0.5) is 0 Å². The summed E-state index contributed by atoms with van der Waals surface area (Å²) in [5, 5.41) is 0.491. The van der Waals surface area contributed by atoms with Gasteiger partial charge in [0.25, 0.3) is 10.1 Å². The topological polar surface area (TPSA) is 60.4 Å². The molecule has 0 bridgehead atoms. The molecule has 0 aliphatic carbocycles. The molecule has 6 heteroatoms. The first-order chi connectivity index (χ1) is 9.92. The molecule has 2 rings (SSSR count). The molecule has 1 atom stereocenters. The molecule has 1 unspecified atom stereocenters. The first-order valence-corrected chi connectivity index (χ1v) is 7.92.